The summed E-state index contributed by atoms with van der Waals surface area (Å²) >= 11 is 0. The minimum absolute atomic E-state index is 0.423. The molecule has 0 bridgehead atoms. The minimum Gasteiger partial charge on any atom is -0.493 e. The van der Waals surface area contributed by atoms with Gasteiger partial charge in [0.2, 0.25) is 5.91 Å². The molecule has 2 N–H and O–H groups in total. The Balaban J connectivity index is 2.65. The molecule has 0 saturated heterocycles. The summed E-state index contributed by atoms with van der Waals surface area (Å²) in [6, 6.07) is 3.32. The molecule has 6 heteroatoms. The van der Waals surface area contributed by atoms with E-state index >= 15 is 0 Å². The highest BCUT2D eigenvalue weighted by Gasteiger charge is 2.21. The molecular weight excluding hydrogens is 270 g/mol. The molecule has 21 heavy (non-hydrogen) atoms. The summed E-state index contributed by atoms with van der Waals surface area (Å²) in [5, 5.41) is 0. The Hall–Kier alpha value is -2.50. The fraction of sp³-hybridized carbons (Fsp3) is 0.333. The van der Waals surface area contributed by atoms with Crippen LogP contribution in [0, 0.1) is 6.92 Å². The molecule has 2 rings (SSSR count). The zero-order chi connectivity index (χ0) is 15.6. The van der Waals surface area contributed by atoms with Crippen molar-refractivity contribution < 1.29 is 14.3 Å². The molecule has 1 aromatic carbocycles. The van der Waals surface area contributed by atoms with E-state index in [1.54, 1.807) is 38.1 Å². The highest BCUT2D eigenvalue weighted by Crippen LogP contribution is 2.39. The van der Waals surface area contributed by atoms with Gasteiger partial charge in [0.25, 0.3) is 0 Å². The number of rotatable bonds is 5. The lowest BCUT2D eigenvalue weighted by atomic mass is 10.1. The van der Waals surface area contributed by atoms with Crippen LogP contribution in [0.4, 0.5) is 0 Å². The van der Waals surface area contributed by atoms with E-state index in [4.69, 9.17) is 15.2 Å². The Kier molecular flexibility index (Phi) is 4.16. The van der Waals surface area contributed by atoms with Crippen LogP contribution < -0.4 is 15.2 Å². The lowest BCUT2D eigenvalue weighted by molar-refractivity contribution is -0.120. The molecule has 0 saturated carbocycles. The van der Waals surface area contributed by atoms with Crippen molar-refractivity contribution in [3.05, 3.63) is 30.1 Å². The van der Waals surface area contributed by atoms with Gasteiger partial charge in [0.05, 0.1) is 19.8 Å². The van der Waals surface area contributed by atoms with Crippen LogP contribution >= 0.6 is 0 Å². The van der Waals surface area contributed by atoms with Crippen LogP contribution in [0.3, 0.4) is 0 Å². The first-order valence-electron chi connectivity index (χ1n) is 6.54. The molecule has 0 radical (unpaired) electrons. The van der Waals surface area contributed by atoms with Gasteiger partial charge in [0.15, 0.2) is 11.5 Å². The molecule has 0 fully saturated rings. The lowest BCUT2D eigenvalue weighted by Crippen LogP contribution is -2.24. The van der Waals surface area contributed by atoms with Gasteiger partial charge in [0, 0.05) is 12.4 Å². The lowest BCUT2D eigenvalue weighted by Gasteiger charge is -2.17. The van der Waals surface area contributed by atoms with Crippen LogP contribution in [0.2, 0.25) is 0 Å². The number of ether oxygens (including phenoxy) is 2. The number of hydrogen-bond donors (Lipinski definition) is 1. The highest BCUT2D eigenvalue weighted by molar-refractivity contribution is 5.79. The second-order valence-corrected chi connectivity index (χ2v) is 4.78. The van der Waals surface area contributed by atoms with E-state index in [1.165, 1.54) is 0 Å². The summed E-state index contributed by atoms with van der Waals surface area (Å²) in [5.74, 6) is 1.38. The van der Waals surface area contributed by atoms with E-state index in [1.807, 2.05) is 19.1 Å². The second kappa shape index (κ2) is 5.87. The highest BCUT2D eigenvalue weighted by atomic mass is 16.5. The smallest absolute Gasteiger partial charge is 0.240 e. The Morgan fingerprint density at radius 3 is 2.62 bits per heavy atom. The van der Waals surface area contributed by atoms with Gasteiger partial charge in [-0.2, -0.15) is 0 Å². The Bertz CT molecular complexity index is 664. The number of methoxy groups -OCH3 is 2. The molecule has 0 unspecified atom stereocenters. The van der Waals surface area contributed by atoms with Crippen molar-refractivity contribution in [1.29, 1.82) is 0 Å². The number of imidazole rings is 1. The van der Waals surface area contributed by atoms with Gasteiger partial charge in [0.1, 0.15) is 11.9 Å². The fourth-order valence-electron chi connectivity index (χ4n) is 2.24. The number of carbonyl (C=O) groups is 1. The van der Waals surface area contributed by atoms with Crippen molar-refractivity contribution in [2.24, 2.45) is 5.73 Å². The molecule has 6 nitrogen and oxygen atoms in total. The third-order valence-corrected chi connectivity index (χ3v) is 3.36. The summed E-state index contributed by atoms with van der Waals surface area (Å²) in [6.45, 7) is 3.68. The van der Waals surface area contributed by atoms with Crippen LogP contribution in [0.5, 0.6) is 11.5 Å². The monoisotopic (exact) mass is 289 g/mol. The minimum atomic E-state index is -0.501. The van der Waals surface area contributed by atoms with Crippen LogP contribution in [-0.2, 0) is 4.79 Å². The molecule has 0 aliphatic carbocycles. The number of carbonyl (C=O) groups excluding carboxylic acids is 1. The molecule has 1 amide bonds. The maximum absolute atomic E-state index is 11.4. The van der Waals surface area contributed by atoms with E-state index in [2.05, 4.69) is 4.98 Å². The van der Waals surface area contributed by atoms with E-state index < -0.39 is 11.9 Å². The van der Waals surface area contributed by atoms with E-state index in [0.29, 0.717) is 17.3 Å². The van der Waals surface area contributed by atoms with Gasteiger partial charge in [-0.05, 0) is 31.5 Å². The maximum Gasteiger partial charge on any atom is 0.240 e. The summed E-state index contributed by atoms with van der Waals surface area (Å²) in [5.41, 5.74) is 7.15. The van der Waals surface area contributed by atoms with Crippen molar-refractivity contribution in [3.8, 4) is 22.9 Å². The normalized spacial score (nSPS) is 12.0. The first-order valence-corrected chi connectivity index (χ1v) is 6.54. The third kappa shape index (κ3) is 2.69. The largest absolute Gasteiger partial charge is 0.493 e. The predicted octanol–water partition coefficient (Wildman–Crippen LogP) is 1.92. The fourth-order valence-corrected chi connectivity index (χ4v) is 2.24. The van der Waals surface area contributed by atoms with Crippen LogP contribution in [0.15, 0.2) is 24.5 Å². The molecular formula is C15H19N3O3. The zero-order valence-corrected chi connectivity index (χ0v) is 12.6. The summed E-state index contributed by atoms with van der Waals surface area (Å²) in [7, 11) is 3.15. The molecule has 0 spiro atoms. The number of nitrogens with two attached hydrogens (primary N) is 1. The standard InChI is InChI=1S/C15H19N3O3/c1-9-7-11(13(21-4)12(8-9)20-3)15-17-5-6-18(15)10(2)14(16)19/h5-8,10H,1-4H3,(H2,16,19)/t10-/m0/s1. The first kappa shape index (κ1) is 14.9. The molecule has 1 aromatic heterocycles. The quantitative estimate of drug-likeness (QED) is 0.912. The van der Waals surface area contributed by atoms with Gasteiger partial charge in [-0.3, -0.25) is 4.79 Å². The van der Waals surface area contributed by atoms with E-state index in [0.717, 1.165) is 11.1 Å². The third-order valence-electron chi connectivity index (χ3n) is 3.36. The van der Waals surface area contributed by atoms with Gasteiger partial charge in [-0.25, -0.2) is 4.98 Å². The summed E-state index contributed by atoms with van der Waals surface area (Å²) in [4.78, 5) is 15.8. The van der Waals surface area contributed by atoms with Crippen LogP contribution in [-0.4, -0.2) is 29.7 Å². The first-order chi connectivity index (χ1) is 9.99. The number of amides is 1. The summed E-state index contributed by atoms with van der Waals surface area (Å²) < 4.78 is 12.5. The van der Waals surface area contributed by atoms with Crippen molar-refractivity contribution in [1.82, 2.24) is 9.55 Å². The molecule has 112 valence electrons. The zero-order valence-electron chi connectivity index (χ0n) is 12.6. The second-order valence-electron chi connectivity index (χ2n) is 4.78. The Morgan fingerprint density at radius 2 is 2.05 bits per heavy atom. The SMILES string of the molecule is COc1cc(C)cc(-c2nccn2[C@@H](C)C(N)=O)c1OC. The van der Waals surface area contributed by atoms with E-state index in [9.17, 15) is 4.79 Å². The molecule has 1 heterocycles. The van der Waals surface area contributed by atoms with Gasteiger partial charge >= 0.3 is 0 Å². The van der Waals surface area contributed by atoms with E-state index in [-0.39, 0.29) is 0 Å². The molecule has 2 aromatic rings. The van der Waals surface area contributed by atoms with Crippen LogP contribution in [0.25, 0.3) is 11.4 Å². The number of benzene rings is 1. The number of primary amides is 1. The average molecular weight is 289 g/mol. The number of nitrogens with zero attached hydrogens (tertiary/aromatic N) is 2. The Morgan fingerprint density at radius 1 is 1.33 bits per heavy atom. The molecule has 0 aliphatic rings. The van der Waals surface area contributed by atoms with Crippen molar-refractivity contribution >= 4 is 5.91 Å². The van der Waals surface area contributed by atoms with Gasteiger partial charge in [-0.15, -0.1) is 0 Å². The van der Waals surface area contributed by atoms with Gasteiger partial charge in [-0.1, -0.05) is 0 Å². The number of aromatic nitrogens is 2. The average Bonchev–Trinajstić information content (AvgIpc) is 2.94. The topological polar surface area (TPSA) is 79.4 Å². The Labute approximate surface area is 123 Å². The van der Waals surface area contributed by atoms with Crippen molar-refractivity contribution in [3.63, 3.8) is 0 Å². The predicted molar refractivity (Wildman–Crippen MR) is 79.4 cm³/mol. The van der Waals surface area contributed by atoms with Crippen LogP contribution in [0.1, 0.15) is 18.5 Å². The van der Waals surface area contributed by atoms with Gasteiger partial charge < -0.3 is 19.8 Å². The number of aryl methyl sites for hydroxylation is 1. The molecule has 0 aliphatic heterocycles. The maximum atomic E-state index is 11.4. The summed E-state index contributed by atoms with van der Waals surface area (Å²) in [6.07, 6.45) is 3.35. The number of hydrogen-bond acceptors (Lipinski definition) is 4. The van der Waals surface area contributed by atoms with Crippen molar-refractivity contribution in [2.75, 3.05) is 14.2 Å². The molecule has 1 atom stereocenters. The van der Waals surface area contributed by atoms with Crippen molar-refractivity contribution in [2.45, 2.75) is 19.9 Å².